The quantitative estimate of drug-likeness (QED) is 0.789. The van der Waals surface area contributed by atoms with E-state index >= 15 is 0 Å². The molecule has 0 fully saturated rings. The molecule has 0 atom stereocenters. The molecule has 124 valence electrons. The van der Waals surface area contributed by atoms with Gasteiger partial charge in [0.05, 0.1) is 17.1 Å². The van der Waals surface area contributed by atoms with Gasteiger partial charge in [0.1, 0.15) is 11.5 Å². The van der Waals surface area contributed by atoms with Crippen LogP contribution in [0.1, 0.15) is 35.0 Å². The van der Waals surface area contributed by atoms with Crippen molar-refractivity contribution in [1.29, 1.82) is 0 Å². The zero-order chi connectivity index (χ0) is 16.5. The van der Waals surface area contributed by atoms with Gasteiger partial charge in [-0.2, -0.15) is 5.10 Å². The van der Waals surface area contributed by atoms with E-state index in [2.05, 4.69) is 20.4 Å². The highest BCUT2D eigenvalue weighted by Crippen LogP contribution is 2.23. The molecule has 0 radical (unpaired) electrons. The molecule has 0 unspecified atom stereocenters. The molecule has 0 saturated carbocycles. The fourth-order valence-electron chi connectivity index (χ4n) is 2.96. The number of carbonyl (C=O) groups excluding carboxylic acids is 1. The predicted molar refractivity (Wildman–Crippen MR) is 90.7 cm³/mol. The van der Waals surface area contributed by atoms with Crippen molar-refractivity contribution in [3.63, 3.8) is 0 Å². The van der Waals surface area contributed by atoms with E-state index in [4.69, 9.17) is 0 Å². The average molecular weight is 342 g/mol. The third-order valence-electron chi connectivity index (χ3n) is 4.21. The van der Waals surface area contributed by atoms with Crippen LogP contribution in [0.3, 0.4) is 0 Å². The van der Waals surface area contributed by atoms with Crippen molar-refractivity contribution in [2.75, 3.05) is 7.05 Å². The van der Waals surface area contributed by atoms with E-state index in [1.807, 2.05) is 28.1 Å². The normalized spacial score (nSPS) is 13.7. The maximum absolute atomic E-state index is 12.7. The molecule has 3 aromatic rings. The number of hydrogen-bond donors (Lipinski definition) is 1. The van der Waals surface area contributed by atoms with Crippen molar-refractivity contribution in [3.8, 4) is 10.6 Å². The minimum atomic E-state index is -0.108. The van der Waals surface area contributed by atoms with E-state index in [1.165, 1.54) is 0 Å². The van der Waals surface area contributed by atoms with Crippen LogP contribution in [0.5, 0.6) is 0 Å². The number of thiophene rings is 1. The number of rotatable bonds is 4. The van der Waals surface area contributed by atoms with Gasteiger partial charge < -0.3 is 9.47 Å². The van der Waals surface area contributed by atoms with Crippen LogP contribution < -0.4 is 0 Å². The molecule has 8 heteroatoms. The van der Waals surface area contributed by atoms with Gasteiger partial charge in [0, 0.05) is 20.0 Å². The minimum absolute atomic E-state index is 0.108. The molecule has 1 N–H and O–H groups in total. The van der Waals surface area contributed by atoms with E-state index in [0.717, 1.165) is 47.9 Å². The summed E-state index contributed by atoms with van der Waals surface area (Å²) in [6.45, 7) is 1.28. The maximum atomic E-state index is 12.7. The number of nitrogens with one attached hydrogen (secondary N) is 1. The molecular weight excluding hydrogens is 324 g/mol. The van der Waals surface area contributed by atoms with Crippen LogP contribution >= 0.6 is 11.3 Å². The summed E-state index contributed by atoms with van der Waals surface area (Å²) in [6, 6.07) is 6.01. The lowest BCUT2D eigenvalue weighted by Gasteiger charge is -2.18. The third kappa shape index (κ3) is 2.73. The highest BCUT2D eigenvalue weighted by atomic mass is 32.1. The molecule has 0 saturated heterocycles. The highest BCUT2D eigenvalue weighted by Gasteiger charge is 2.23. The van der Waals surface area contributed by atoms with E-state index in [1.54, 1.807) is 23.3 Å². The van der Waals surface area contributed by atoms with Gasteiger partial charge in [0.15, 0.2) is 0 Å². The van der Waals surface area contributed by atoms with Gasteiger partial charge in [-0.05, 0) is 30.4 Å². The van der Waals surface area contributed by atoms with E-state index in [-0.39, 0.29) is 5.91 Å². The van der Waals surface area contributed by atoms with Crippen molar-refractivity contribution in [2.24, 2.45) is 0 Å². The van der Waals surface area contributed by atoms with E-state index in [9.17, 15) is 4.79 Å². The highest BCUT2D eigenvalue weighted by molar-refractivity contribution is 7.13. The number of aryl methyl sites for hydroxylation is 1. The van der Waals surface area contributed by atoms with Crippen LogP contribution in [0.25, 0.3) is 10.6 Å². The van der Waals surface area contributed by atoms with Crippen molar-refractivity contribution in [3.05, 3.63) is 40.9 Å². The Morgan fingerprint density at radius 1 is 1.42 bits per heavy atom. The summed E-state index contributed by atoms with van der Waals surface area (Å²) in [5.41, 5.74) is 1.80. The van der Waals surface area contributed by atoms with Crippen LogP contribution in [-0.2, 0) is 19.5 Å². The molecule has 4 heterocycles. The number of aromatic nitrogens is 5. The van der Waals surface area contributed by atoms with Gasteiger partial charge in [-0.25, -0.2) is 0 Å². The molecule has 3 aromatic heterocycles. The minimum Gasteiger partial charge on any atom is -0.333 e. The lowest BCUT2D eigenvalue weighted by atomic mass is 10.1. The predicted octanol–water partition coefficient (Wildman–Crippen LogP) is 2.34. The molecular formula is C16H18N6OS. The van der Waals surface area contributed by atoms with E-state index in [0.29, 0.717) is 12.4 Å². The molecule has 1 aliphatic rings. The molecule has 0 aliphatic carbocycles. The van der Waals surface area contributed by atoms with Crippen LogP contribution in [0.2, 0.25) is 0 Å². The van der Waals surface area contributed by atoms with Crippen LogP contribution in [0.4, 0.5) is 0 Å². The number of aromatic amines is 1. The Labute approximate surface area is 143 Å². The Morgan fingerprint density at radius 3 is 3.17 bits per heavy atom. The summed E-state index contributed by atoms with van der Waals surface area (Å²) >= 11 is 1.64. The number of nitrogens with zero attached hydrogens (tertiary/aromatic N) is 5. The molecule has 1 aliphatic heterocycles. The number of H-pyrrole nitrogens is 1. The lowest BCUT2D eigenvalue weighted by molar-refractivity contribution is 0.0764. The van der Waals surface area contributed by atoms with Gasteiger partial charge in [-0.1, -0.05) is 6.07 Å². The van der Waals surface area contributed by atoms with E-state index < -0.39 is 0 Å². The van der Waals surface area contributed by atoms with Gasteiger partial charge in [0.2, 0.25) is 5.82 Å². The van der Waals surface area contributed by atoms with Gasteiger partial charge in [-0.15, -0.1) is 21.5 Å². The van der Waals surface area contributed by atoms with Crippen LogP contribution in [-0.4, -0.2) is 42.8 Å². The molecule has 1 amide bonds. The summed E-state index contributed by atoms with van der Waals surface area (Å²) in [5, 5.41) is 17.6. The standard InChI is InChI=1S/C16H18N6OS/c1-21(10-11-9-12(18-17-11)13-5-4-8-24-13)16(23)15-20-19-14-6-2-3-7-22(14)15/h4-5,8-9H,2-3,6-7,10H2,1H3,(H,17,18). The lowest BCUT2D eigenvalue weighted by Crippen LogP contribution is -2.30. The molecule has 4 rings (SSSR count). The maximum Gasteiger partial charge on any atom is 0.291 e. The second-order valence-electron chi connectivity index (χ2n) is 5.97. The van der Waals surface area contributed by atoms with Crippen LogP contribution in [0.15, 0.2) is 23.6 Å². The summed E-state index contributed by atoms with van der Waals surface area (Å²) < 4.78 is 1.95. The fourth-order valence-corrected chi connectivity index (χ4v) is 3.64. The summed E-state index contributed by atoms with van der Waals surface area (Å²) in [7, 11) is 1.78. The number of fused-ring (bicyclic) bond motifs is 1. The Morgan fingerprint density at radius 2 is 2.33 bits per heavy atom. The smallest absolute Gasteiger partial charge is 0.291 e. The van der Waals surface area contributed by atoms with Gasteiger partial charge >= 0.3 is 0 Å². The van der Waals surface area contributed by atoms with Gasteiger partial charge in [0.25, 0.3) is 5.91 Å². The van der Waals surface area contributed by atoms with Gasteiger partial charge in [-0.3, -0.25) is 9.89 Å². The molecule has 0 aromatic carbocycles. The molecule has 0 bridgehead atoms. The Kier molecular flexibility index (Phi) is 3.89. The van der Waals surface area contributed by atoms with Crippen molar-refractivity contribution >= 4 is 17.2 Å². The van der Waals surface area contributed by atoms with Crippen molar-refractivity contribution < 1.29 is 4.79 Å². The first-order valence-electron chi connectivity index (χ1n) is 7.98. The largest absolute Gasteiger partial charge is 0.333 e. The number of amides is 1. The SMILES string of the molecule is CN(Cc1cc(-c2cccs2)n[nH]1)C(=O)c1nnc2n1CCCC2. The second kappa shape index (κ2) is 6.20. The van der Waals surface area contributed by atoms with Crippen molar-refractivity contribution in [2.45, 2.75) is 32.4 Å². The summed E-state index contributed by atoms with van der Waals surface area (Å²) in [5.74, 6) is 1.24. The summed E-state index contributed by atoms with van der Waals surface area (Å²) in [6.07, 6.45) is 3.08. The van der Waals surface area contributed by atoms with Crippen LogP contribution in [0, 0.1) is 0 Å². The molecule has 0 spiro atoms. The zero-order valence-corrected chi connectivity index (χ0v) is 14.2. The monoisotopic (exact) mass is 342 g/mol. The topological polar surface area (TPSA) is 79.7 Å². The zero-order valence-electron chi connectivity index (χ0n) is 13.4. The fraction of sp³-hybridized carbons (Fsp3) is 0.375. The average Bonchev–Trinajstić information content (AvgIpc) is 3.33. The number of hydrogen-bond acceptors (Lipinski definition) is 5. The third-order valence-corrected chi connectivity index (χ3v) is 5.10. The first kappa shape index (κ1) is 15.1. The Hall–Kier alpha value is -2.48. The summed E-state index contributed by atoms with van der Waals surface area (Å²) in [4.78, 5) is 15.4. The Balaban J connectivity index is 1.49. The molecule has 24 heavy (non-hydrogen) atoms. The number of carbonyl (C=O) groups is 1. The molecule has 7 nitrogen and oxygen atoms in total. The first-order chi connectivity index (χ1) is 11.7. The Bertz CT molecular complexity index is 850. The second-order valence-corrected chi connectivity index (χ2v) is 6.91. The first-order valence-corrected chi connectivity index (χ1v) is 8.86. The van der Waals surface area contributed by atoms with Crippen molar-refractivity contribution in [1.82, 2.24) is 29.9 Å².